The van der Waals surface area contributed by atoms with E-state index in [0.29, 0.717) is 5.92 Å². The first-order valence-corrected chi connectivity index (χ1v) is 12.0. The molecular weight excluding hydrogens is 414 g/mol. The minimum Gasteiger partial charge on any atom is -0.356 e. The number of allylic oxidation sites excluding steroid dienone is 1. The van der Waals surface area contributed by atoms with Crippen molar-refractivity contribution in [2.24, 2.45) is 0 Å². The number of aryl methyl sites for hydroxylation is 1. The third-order valence-electron chi connectivity index (χ3n) is 6.88. The van der Waals surface area contributed by atoms with Crippen LogP contribution in [-0.2, 0) is 13.1 Å². The van der Waals surface area contributed by atoms with E-state index in [2.05, 4.69) is 33.6 Å². The van der Waals surface area contributed by atoms with Gasteiger partial charge in [0.05, 0.1) is 29.7 Å². The Balaban J connectivity index is 1.41. The van der Waals surface area contributed by atoms with E-state index in [4.69, 9.17) is 14.5 Å². The van der Waals surface area contributed by atoms with E-state index in [1.165, 1.54) is 24.1 Å². The van der Waals surface area contributed by atoms with Crippen LogP contribution in [0.15, 0.2) is 35.6 Å². The van der Waals surface area contributed by atoms with Gasteiger partial charge in [-0.2, -0.15) is 5.10 Å². The van der Waals surface area contributed by atoms with E-state index in [-0.39, 0.29) is 0 Å². The summed E-state index contributed by atoms with van der Waals surface area (Å²) in [5.74, 6) is 1.93. The van der Waals surface area contributed by atoms with Crippen LogP contribution >= 0.6 is 0 Å². The third kappa shape index (κ3) is 4.57. The van der Waals surface area contributed by atoms with E-state index < -0.39 is 0 Å². The van der Waals surface area contributed by atoms with Gasteiger partial charge in [0.15, 0.2) is 5.76 Å². The Morgan fingerprint density at radius 1 is 1.15 bits per heavy atom. The molecular formula is C25H33N7O. The van der Waals surface area contributed by atoms with E-state index >= 15 is 0 Å². The minimum atomic E-state index is 0.326. The molecule has 1 atom stereocenters. The number of piperidine rings is 1. The van der Waals surface area contributed by atoms with Crippen LogP contribution in [0.1, 0.15) is 54.2 Å². The molecule has 0 bridgehead atoms. The standard InChI is InChI=1S/C25H33N7O/c1-4-9-32-19(3)21(14-27-32)17-30-10-7-8-20(16-30)24-22(23-13-18(2)29-33-23)15-26-25(28-24)31-11-5-6-12-31/h4,13-15,20H,1,5-12,16-17H2,2-3H3/t20-/m1/s1. The fourth-order valence-electron chi connectivity index (χ4n) is 5.06. The largest absolute Gasteiger partial charge is 0.356 e. The Hall–Kier alpha value is -3.00. The maximum Gasteiger partial charge on any atom is 0.225 e. The van der Waals surface area contributed by atoms with E-state index in [1.807, 2.05) is 36.1 Å². The van der Waals surface area contributed by atoms with Crippen LogP contribution in [0, 0.1) is 13.8 Å². The van der Waals surface area contributed by atoms with Crippen molar-refractivity contribution in [3.05, 3.63) is 53.8 Å². The van der Waals surface area contributed by atoms with Crippen LogP contribution in [-0.4, -0.2) is 56.0 Å². The van der Waals surface area contributed by atoms with Crippen molar-refractivity contribution in [3.8, 4) is 11.3 Å². The fraction of sp³-hybridized carbons (Fsp3) is 0.520. The van der Waals surface area contributed by atoms with Crippen LogP contribution in [0.5, 0.6) is 0 Å². The molecule has 0 saturated carbocycles. The summed E-state index contributed by atoms with van der Waals surface area (Å²) in [5.41, 5.74) is 5.43. The van der Waals surface area contributed by atoms with Gasteiger partial charge in [-0.1, -0.05) is 11.2 Å². The first kappa shape index (κ1) is 21.8. The molecule has 8 heteroatoms. The molecule has 0 amide bonds. The maximum absolute atomic E-state index is 5.63. The maximum atomic E-state index is 5.63. The van der Waals surface area contributed by atoms with Crippen molar-refractivity contribution in [1.29, 1.82) is 0 Å². The number of hydrogen-bond acceptors (Lipinski definition) is 7. The van der Waals surface area contributed by atoms with Gasteiger partial charge in [0.2, 0.25) is 5.95 Å². The predicted molar refractivity (Wildman–Crippen MR) is 128 cm³/mol. The molecule has 2 aliphatic rings. The number of rotatable bonds is 7. The van der Waals surface area contributed by atoms with Crippen molar-refractivity contribution < 1.29 is 4.52 Å². The molecule has 0 unspecified atom stereocenters. The molecule has 33 heavy (non-hydrogen) atoms. The summed E-state index contributed by atoms with van der Waals surface area (Å²) in [5, 5.41) is 8.64. The molecule has 174 valence electrons. The van der Waals surface area contributed by atoms with Gasteiger partial charge in [-0.3, -0.25) is 9.58 Å². The topological polar surface area (TPSA) is 76.1 Å². The Morgan fingerprint density at radius 2 is 2.00 bits per heavy atom. The molecule has 0 spiro atoms. The van der Waals surface area contributed by atoms with Crippen molar-refractivity contribution in [1.82, 2.24) is 29.8 Å². The zero-order chi connectivity index (χ0) is 22.8. The Morgan fingerprint density at radius 3 is 2.76 bits per heavy atom. The highest BCUT2D eigenvalue weighted by Gasteiger charge is 2.28. The number of hydrogen-bond donors (Lipinski definition) is 0. The van der Waals surface area contributed by atoms with Gasteiger partial charge in [0, 0.05) is 55.6 Å². The Bertz CT molecular complexity index is 1110. The average molecular weight is 448 g/mol. The second-order valence-electron chi connectivity index (χ2n) is 9.30. The normalized spacial score (nSPS) is 19.3. The molecule has 3 aromatic rings. The minimum absolute atomic E-state index is 0.326. The van der Waals surface area contributed by atoms with Gasteiger partial charge in [0.1, 0.15) is 0 Å². The zero-order valence-electron chi connectivity index (χ0n) is 19.7. The lowest BCUT2D eigenvalue weighted by Gasteiger charge is -2.33. The molecule has 8 nitrogen and oxygen atoms in total. The molecule has 0 radical (unpaired) electrons. The summed E-state index contributed by atoms with van der Waals surface area (Å²) < 4.78 is 7.65. The Labute approximate surface area is 195 Å². The summed E-state index contributed by atoms with van der Waals surface area (Å²) in [4.78, 5) is 14.7. The van der Waals surface area contributed by atoms with Gasteiger partial charge in [0.25, 0.3) is 0 Å². The Kier molecular flexibility index (Phi) is 6.26. The van der Waals surface area contributed by atoms with E-state index in [1.54, 1.807) is 0 Å². The van der Waals surface area contributed by atoms with Crippen molar-refractivity contribution in [2.75, 3.05) is 31.1 Å². The summed E-state index contributed by atoms with van der Waals surface area (Å²) in [6, 6.07) is 1.98. The molecule has 2 fully saturated rings. The molecule has 5 heterocycles. The van der Waals surface area contributed by atoms with Crippen molar-refractivity contribution >= 4 is 5.95 Å². The summed E-state index contributed by atoms with van der Waals surface area (Å²) in [6.45, 7) is 13.7. The highest BCUT2D eigenvalue weighted by Crippen LogP contribution is 2.35. The quantitative estimate of drug-likeness (QED) is 0.505. The summed E-state index contributed by atoms with van der Waals surface area (Å²) >= 11 is 0. The number of likely N-dealkylation sites (tertiary alicyclic amines) is 1. The predicted octanol–water partition coefficient (Wildman–Crippen LogP) is 4.11. The molecule has 0 N–H and O–H groups in total. The lowest BCUT2D eigenvalue weighted by atomic mass is 9.91. The molecule has 2 saturated heterocycles. The third-order valence-corrected chi connectivity index (χ3v) is 6.88. The van der Waals surface area contributed by atoms with Crippen LogP contribution in [0.4, 0.5) is 5.95 Å². The summed E-state index contributed by atoms with van der Waals surface area (Å²) in [7, 11) is 0. The van der Waals surface area contributed by atoms with Crippen molar-refractivity contribution in [3.63, 3.8) is 0 Å². The van der Waals surface area contributed by atoms with E-state index in [9.17, 15) is 0 Å². The van der Waals surface area contributed by atoms with Crippen molar-refractivity contribution in [2.45, 2.75) is 58.5 Å². The van der Waals surface area contributed by atoms with Gasteiger partial charge in [-0.15, -0.1) is 6.58 Å². The first-order chi connectivity index (χ1) is 16.1. The second kappa shape index (κ2) is 9.47. The zero-order valence-corrected chi connectivity index (χ0v) is 19.7. The number of anilines is 1. The monoisotopic (exact) mass is 447 g/mol. The molecule has 0 aromatic carbocycles. The van der Waals surface area contributed by atoms with Gasteiger partial charge in [-0.05, 0) is 46.1 Å². The SMILES string of the molecule is C=CCn1ncc(CN2CCC[C@@H](c3nc(N4CCCC4)ncc3-c3cc(C)no3)C2)c1C. The first-order valence-electron chi connectivity index (χ1n) is 12.0. The van der Waals surface area contributed by atoms with E-state index in [0.717, 1.165) is 80.8 Å². The summed E-state index contributed by atoms with van der Waals surface area (Å²) in [6.07, 6.45) is 10.5. The highest BCUT2D eigenvalue weighted by molar-refractivity contribution is 5.61. The van der Waals surface area contributed by atoms with Crippen LogP contribution in [0.2, 0.25) is 0 Å². The molecule has 2 aliphatic heterocycles. The fourth-order valence-corrected chi connectivity index (χ4v) is 5.06. The number of aromatic nitrogens is 5. The lowest BCUT2D eigenvalue weighted by Crippen LogP contribution is -2.35. The van der Waals surface area contributed by atoms with Gasteiger partial charge in [-0.25, -0.2) is 9.97 Å². The molecule has 0 aliphatic carbocycles. The van der Waals surface area contributed by atoms with Crippen LogP contribution < -0.4 is 4.90 Å². The van der Waals surface area contributed by atoms with Gasteiger partial charge >= 0.3 is 0 Å². The molecule has 5 rings (SSSR count). The lowest BCUT2D eigenvalue weighted by molar-refractivity contribution is 0.198. The smallest absolute Gasteiger partial charge is 0.225 e. The average Bonchev–Trinajstić information content (AvgIpc) is 3.58. The van der Waals surface area contributed by atoms with Gasteiger partial charge < -0.3 is 9.42 Å². The molecule has 3 aromatic heterocycles. The highest BCUT2D eigenvalue weighted by atomic mass is 16.5. The second-order valence-corrected chi connectivity index (χ2v) is 9.30. The number of nitrogens with zero attached hydrogens (tertiary/aromatic N) is 7. The van der Waals surface area contributed by atoms with Crippen LogP contribution in [0.3, 0.4) is 0 Å². The van der Waals surface area contributed by atoms with Crippen LogP contribution in [0.25, 0.3) is 11.3 Å².